The summed E-state index contributed by atoms with van der Waals surface area (Å²) in [5.74, 6) is -1.93. The third-order valence-corrected chi connectivity index (χ3v) is 2.03. The Kier molecular flexibility index (Phi) is 5.09. The zero-order chi connectivity index (χ0) is 14.3. The highest BCUT2D eigenvalue weighted by Gasteiger charge is 2.06. The number of rotatable bonds is 4. The van der Waals surface area contributed by atoms with Crippen LogP contribution in [-0.4, -0.2) is 30.0 Å². The number of ether oxygens (including phenoxy) is 1. The van der Waals surface area contributed by atoms with E-state index < -0.39 is 17.8 Å². The third-order valence-electron chi connectivity index (χ3n) is 2.03. The topological polar surface area (TPSA) is 105 Å². The summed E-state index contributed by atoms with van der Waals surface area (Å²) in [6, 6.07) is 6.24. The lowest BCUT2D eigenvalue weighted by atomic mass is 10.2. The summed E-state index contributed by atoms with van der Waals surface area (Å²) in [5, 5.41) is 8.30. The van der Waals surface area contributed by atoms with E-state index in [2.05, 4.69) is 5.43 Å². The summed E-state index contributed by atoms with van der Waals surface area (Å²) >= 11 is 0. The van der Waals surface area contributed by atoms with Gasteiger partial charge in [0.05, 0.1) is 7.11 Å². The lowest BCUT2D eigenvalue weighted by Gasteiger charge is -2.05. The fourth-order valence-corrected chi connectivity index (χ4v) is 1.12. The number of carboxylic acid groups (broad SMARTS) is 1. The van der Waals surface area contributed by atoms with Crippen molar-refractivity contribution in [2.45, 2.75) is 0 Å². The molecule has 0 aromatic heterocycles. The van der Waals surface area contributed by atoms with Crippen molar-refractivity contribution in [1.29, 1.82) is 0 Å². The highest BCUT2D eigenvalue weighted by Crippen LogP contribution is 2.10. The van der Waals surface area contributed by atoms with Crippen molar-refractivity contribution in [3.8, 4) is 5.75 Å². The van der Waals surface area contributed by atoms with Gasteiger partial charge in [-0.25, -0.2) is 4.79 Å². The molecule has 0 spiro atoms. The molecule has 0 saturated carbocycles. The molecule has 19 heavy (non-hydrogen) atoms. The van der Waals surface area contributed by atoms with E-state index in [4.69, 9.17) is 9.84 Å². The van der Waals surface area contributed by atoms with Gasteiger partial charge in [-0.15, -0.1) is 0 Å². The Morgan fingerprint density at radius 3 is 2.26 bits per heavy atom. The number of carbonyl (C=O) groups is 3. The van der Waals surface area contributed by atoms with Crippen molar-refractivity contribution < 1.29 is 24.2 Å². The van der Waals surface area contributed by atoms with Crippen LogP contribution in [0.5, 0.6) is 5.75 Å². The van der Waals surface area contributed by atoms with E-state index in [1.54, 1.807) is 12.1 Å². The maximum Gasteiger partial charge on any atom is 0.328 e. The van der Waals surface area contributed by atoms with Gasteiger partial charge in [0.2, 0.25) is 0 Å². The molecule has 0 heterocycles. The van der Waals surface area contributed by atoms with E-state index >= 15 is 0 Å². The van der Waals surface area contributed by atoms with Crippen molar-refractivity contribution in [1.82, 2.24) is 10.9 Å². The zero-order valence-corrected chi connectivity index (χ0v) is 10.0. The molecule has 1 aromatic carbocycles. The Morgan fingerprint density at radius 1 is 1.11 bits per heavy atom. The van der Waals surface area contributed by atoms with Gasteiger partial charge in [0.1, 0.15) is 5.75 Å². The second-order valence-corrected chi connectivity index (χ2v) is 3.34. The average molecular weight is 264 g/mol. The van der Waals surface area contributed by atoms with Crippen molar-refractivity contribution >= 4 is 17.8 Å². The number of methoxy groups -OCH3 is 1. The van der Waals surface area contributed by atoms with Crippen LogP contribution in [0, 0.1) is 0 Å². The Hall–Kier alpha value is -2.83. The maximum atomic E-state index is 11.6. The predicted octanol–water partition coefficient (Wildman–Crippen LogP) is 0.0970. The normalized spacial score (nSPS) is 9.95. The first kappa shape index (κ1) is 14.2. The SMILES string of the molecule is COc1ccc(C(=O)NNC(=O)/C=C\C(=O)O)cc1. The first-order valence-electron chi connectivity index (χ1n) is 5.18. The van der Waals surface area contributed by atoms with Crippen molar-refractivity contribution in [3.05, 3.63) is 42.0 Å². The molecular weight excluding hydrogens is 252 g/mol. The number of carbonyl (C=O) groups excluding carboxylic acids is 2. The van der Waals surface area contributed by atoms with Crippen LogP contribution in [0.1, 0.15) is 10.4 Å². The minimum absolute atomic E-state index is 0.323. The molecule has 0 aliphatic carbocycles. The van der Waals surface area contributed by atoms with Crippen LogP contribution in [0.25, 0.3) is 0 Å². The highest BCUT2D eigenvalue weighted by molar-refractivity contribution is 5.98. The molecule has 0 aliphatic heterocycles. The molecule has 0 bridgehead atoms. The summed E-state index contributed by atoms with van der Waals surface area (Å²) in [6.07, 6.45) is 1.45. The molecule has 7 heteroatoms. The second-order valence-electron chi connectivity index (χ2n) is 3.34. The minimum atomic E-state index is -1.25. The Balaban J connectivity index is 2.50. The zero-order valence-electron chi connectivity index (χ0n) is 10.0. The number of amides is 2. The molecule has 1 rings (SSSR count). The van der Waals surface area contributed by atoms with Crippen LogP contribution in [0.15, 0.2) is 36.4 Å². The van der Waals surface area contributed by atoms with Crippen molar-refractivity contribution in [2.75, 3.05) is 7.11 Å². The van der Waals surface area contributed by atoms with Crippen LogP contribution in [-0.2, 0) is 9.59 Å². The fraction of sp³-hybridized carbons (Fsp3) is 0.0833. The van der Waals surface area contributed by atoms with E-state index in [1.165, 1.54) is 19.2 Å². The lowest BCUT2D eigenvalue weighted by molar-refractivity contribution is -0.131. The van der Waals surface area contributed by atoms with Gasteiger partial charge in [0.25, 0.3) is 11.8 Å². The summed E-state index contributed by atoms with van der Waals surface area (Å²) in [5.41, 5.74) is 4.50. The van der Waals surface area contributed by atoms with Gasteiger partial charge >= 0.3 is 5.97 Å². The van der Waals surface area contributed by atoms with Crippen LogP contribution >= 0.6 is 0 Å². The number of benzene rings is 1. The number of hydrogen-bond donors (Lipinski definition) is 3. The molecule has 0 aliphatic rings. The largest absolute Gasteiger partial charge is 0.497 e. The first-order valence-corrected chi connectivity index (χ1v) is 5.18. The molecule has 0 saturated heterocycles. The van der Waals surface area contributed by atoms with Crippen LogP contribution in [0.3, 0.4) is 0 Å². The Labute approximate surface area is 108 Å². The van der Waals surface area contributed by atoms with E-state index in [1.807, 2.05) is 5.43 Å². The van der Waals surface area contributed by atoms with E-state index in [-0.39, 0.29) is 0 Å². The average Bonchev–Trinajstić information content (AvgIpc) is 2.42. The Morgan fingerprint density at radius 2 is 1.74 bits per heavy atom. The summed E-state index contributed by atoms with van der Waals surface area (Å²) in [7, 11) is 1.50. The fourth-order valence-electron chi connectivity index (χ4n) is 1.12. The van der Waals surface area contributed by atoms with Gasteiger partial charge in [0, 0.05) is 17.7 Å². The molecule has 2 amide bonds. The Bertz CT molecular complexity index is 507. The van der Waals surface area contributed by atoms with Gasteiger partial charge < -0.3 is 9.84 Å². The monoisotopic (exact) mass is 264 g/mol. The second kappa shape index (κ2) is 6.80. The summed E-state index contributed by atoms with van der Waals surface area (Å²) in [4.78, 5) is 32.8. The third kappa shape index (κ3) is 4.90. The van der Waals surface area contributed by atoms with Gasteiger partial charge in [-0.2, -0.15) is 0 Å². The van der Waals surface area contributed by atoms with E-state index in [0.29, 0.717) is 17.4 Å². The van der Waals surface area contributed by atoms with Crippen LogP contribution in [0.4, 0.5) is 0 Å². The quantitative estimate of drug-likeness (QED) is 0.528. The maximum absolute atomic E-state index is 11.6. The molecule has 1 aromatic rings. The standard InChI is InChI=1S/C12H12N2O5/c1-19-9-4-2-8(3-5-9)12(18)14-13-10(15)6-7-11(16)17/h2-7H,1H3,(H,13,15)(H,14,18)(H,16,17)/b7-6-. The van der Waals surface area contributed by atoms with Crippen LogP contribution in [0.2, 0.25) is 0 Å². The highest BCUT2D eigenvalue weighted by atomic mass is 16.5. The van der Waals surface area contributed by atoms with Crippen LogP contribution < -0.4 is 15.6 Å². The van der Waals surface area contributed by atoms with Gasteiger partial charge in [-0.05, 0) is 24.3 Å². The summed E-state index contributed by atoms with van der Waals surface area (Å²) in [6.45, 7) is 0. The van der Waals surface area contributed by atoms with Gasteiger partial charge in [0.15, 0.2) is 0 Å². The molecule has 0 fully saturated rings. The first-order chi connectivity index (χ1) is 9.02. The van der Waals surface area contributed by atoms with Gasteiger partial charge in [-0.1, -0.05) is 0 Å². The molecule has 0 atom stereocenters. The van der Waals surface area contributed by atoms with Crippen molar-refractivity contribution in [3.63, 3.8) is 0 Å². The lowest BCUT2D eigenvalue weighted by Crippen LogP contribution is -2.40. The number of carboxylic acids is 1. The van der Waals surface area contributed by atoms with E-state index in [9.17, 15) is 14.4 Å². The van der Waals surface area contributed by atoms with Gasteiger partial charge in [-0.3, -0.25) is 20.4 Å². The smallest absolute Gasteiger partial charge is 0.328 e. The number of hydrazine groups is 1. The number of aliphatic carboxylic acids is 1. The molecule has 0 radical (unpaired) electrons. The molecule has 0 unspecified atom stereocenters. The molecular formula is C12H12N2O5. The molecule has 3 N–H and O–H groups in total. The van der Waals surface area contributed by atoms with E-state index in [0.717, 1.165) is 6.08 Å². The summed E-state index contributed by atoms with van der Waals surface area (Å²) < 4.78 is 4.94. The molecule has 7 nitrogen and oxygen atoms in total. The van der Waals surface area contributed by atoms with Crippen molar-refractivity contribution in [2.24, 2.45) is 0 Å². The minimum Gasteiger partial charge on any atom is -0.497 e. The number of hydrogen-bond acceptors (Lipinski definition) is 4. The predicted molar refractivity (Wildman–Crippen MR) is 65.4 cm³/mol. The number of nitrogens with one attached hydrogen (secondary N) is 2. The molecule has 100 valence electrons.